The minimum absolute atomic E-state index is 0.123. The fourth-order valence-electron chi connectivity index (χ4n) is 3.01. The van der Waals surface area contributed by atoms with Gasteiger partial charge in [0.2, 0.25) is 10.0 Å². The molecule has 0 saturated carbocycles. The number of piperidine rings is 1. The fraction of sp³-hybridized carbons (Fsp3) is 0.529. The van der Waals surface area contributed by atoms with E-state index in [9.17, 15) is 13.2 Å². The van der Waals surface area contributed by atoms with Gasteiger partial charge in [0.15, 0.2) is 5.84 Å². The van der Waals surface area contributed by atoms with E-state index in [1.807, 2.05) is 31.3 Å². The van der Waals surface area contributed by atoms with E-state index < -0.39 is 15.3 Å². The van der Waals surface area contributed by atoms with Crippen molar-refractivity contribution >= 4 is 27.6 Å². The lowest BCUT2D eigenvalue weighted by Gasteiger charge is -2.32. The number of amides is 2. The standard InChI is InChI=1S/C17H27N7O3S/c1-12(2)28(26,27)20-15-8-10-24(11-9-15)17(25)18-14-6-4-13(5-7-14)16-19-21-22-23(16)3/h4-7,12,15,20-22H,8-11H2,1-3H3,(H,18,25). The van der Waals surface area contributed by atoms with E-state index in [0.29, 0.717) is 31.6 Å². The number of carbonyl (C=O) groups is 1. The van der Waals surface area contributed by atoms with Crippen molar-refractivity contribution in [2.75, 3.05) is 25.5 Å². The number of rotatable bonds is 5. The Morgan fingerprint density at radius 2 is 1.86 bits per heavy atom. The molecule has 1 aromatic rings. The highest BCUT2D eigenvalue weighted by Gasteiger charge is 2.27. The van der Waals surface area contributed by atoms with Crippen LogP contribution in [0, 0.1) is 0 Å². The van der Waals surface area contributed by atoms with Crippen LogP contribution < -0.4 is 21.1 Å². The second-order valence-corrected chi connectivity index (χ2v) is 9.47. The monoisotopic (exact) mass is 409 g/mol. The highest BCUT2D eigenvalue weighted by molar-refractivity contribution is 7.90. The van der Waals surface area contributed by atoms with Gasteiger partial charge in [-0.1, -0.05) is 0 Å². The van der Waals surface area contributed by atoms with Gasteiger partial charge in [0.05, 0.1) is 5.25 Å². The second-order valence-electron chi connectivity index (χ2n) is 7.20. The molecule has 0 aliphatic carbocycles. The number of hydrazine groups is 2. The highest BCUT2D eigenvalue weighted by Crippen LogP contribution is 2.16. The SMILES string of the molecule is CC(C)S(=O)(=O)NC1CCN(C(=O)Nc2ccc(C3=NNNN3C)cc2)CC1. The van der Waals surface area contributed by atoms with Gasteiger partial charge in [-0.15, -0.1) is 10.6 Å². The normalized spacial score (nSPS) is 18.2. The molecule has 11 heteroatoms. The molecule has 2 aliphatic rings. The number of likely N-dealkylation sites (tertiary alicyclic amines) is 1. The zero-order valence-corrected chi connectivity index (χ0v) is 17.1. The number of amidine groups is 1. The van der Waals surface area contributed by atoms with Gasteiger partial charge in [0, 0.05) is 37.4 Å². The molecular weight excluding hydrogens is 382 g/mol. The molecule has 1 aromatic carbocycles. The van der Waals surface area contributed by atoms with E-state index in [-0.39, 0.29) is 12.1 Å². The minimum atomic E-state index is -3.29. The van der Waals surface area contributed by atoms with Crippen molar-refractivity contribution in [3.05, 3.63) is 29.8 Å². The first-order valence-electron chi connectivity index (χ1n) is 9.26. The summed E-state index contributed by atoms with van der Waals surface area (Å²) in [4.78, 5) is 14.2. The number of hydrazone groups is 1. The van der Waals surface area contributed by atoms with Crippen LogP contribution in [0.15, 0.2) is 29.4 Å². The lowest BCUT2D eigenvalue weighted by atomic mass is 10.1. The van der Waals surface area contributed by atoms with E-state index >= 15 is 0 Å². The van der Waals surface area contributed by atoms with Crippen molar-refractivity contribution in [3.8, 4) is 0 Å². The summed E-state index contributed by atoms with van der Waals surface area (Å²) in [5.74, 6) is 0.754. The van der Waals surface area contributed by atoms with Gasteiger partial charge >= 0.3 is 6.03 Å². The predicted octanol–water partition coefficient (Wildman–Crippen LogP) is 0.627. The van der Waals surface area contributed by atoms with Crippen molar-refractivity contribution in [2.24, 2.45) is 5.10 Å². The third kappa shape index (κ3) is 4.72. The third-order valence-electron chi connectivity index (χ3n) is 4.83. The Morgan fingerprint density at radius 3 is 2.39 bits per heavy atom. The molecule has 10 nitrogen and oxygen atoms in total. The van der Waals surface area contributed by atoms with Crippen LogP contribution in [0.5, 0.6) is 0 Å². The van der Waals surface area contributed by atoms with Crippen LogP contribution in [0.2, 0.25) is 0 Å². The molecule has 2 aliphatic heterocycles. The fourth-order valence-corrected chi connectivity index (χ4v) is 3.99. The van der Waals surface area contributed by atoms with Gasteiger partial charge in [0.1, 0.15) is 0 Å². The van der Waals surface area contributed by atoms with Crippen molar-refractivity contribution in [3.63, 3.8) is 0 Å². The summed E-state index contributed by atoms with van der Waals surface area (Å²) in [7, 11) is -1.44. The molecule has 0 aromatic heterocycles. The molecule has 0 bridgehead atoms. The first kappa shape index (κ1) is 20.4. The van der Waals surface area contributed by atoms with Gasteiger partial charge in [-0.25, -0.2) is 23.5 Å². The van der Waals surface area contributed by atoms with Crippen LogP contribution in [-0.2, 0) is 10.0 Å². The van der Waals surface area contributed by atoms with Crippen molar-refractivity contribution in [2.45, 2.75) is 38.0 Å². The first-order valence-corrected chi connectivity index (χ1v) is 10.8. The van der Waals surface area contributed by atoms with Gasteiger partial charge < -0.3 is 10.2 Å². The summed E-state index contributed by atoms with van der Waals surface area (Å²) in [5.41, 5.74) is 7.13. The largest absolute Gasteiger partial charge is 0.324 e. The average Bonchev–Trinajstić information content (AvgIpc) is 3.08. The van der Waals surface area contributed by atoms with Crippen LogP contribution in [0.25, 0.3) is 0 Å². The second kappa shape index (κ2) is 8.33. The summed E-state index contributed by atoms with van der Waals surface area (Å²) < 4.78 is 26.7. The quantitative estimate of drug-likeness (QED) is 0.566. The lowest BCUT2D eigenvalue weighted by Crippen LogP contribution is -2.48. The molecule has 1 fully saturated rings. The van der Waals surface area contributed by atoms with E-state index in [0.717, 1.165) is 11.4 Å². The number of hydrogen-bond donors (Lipinski definition) is 4. The van der Waals surface area contributed by atoms with Gasteiger partial charge in [-0.3, -0.25) is 5.01 Å². The molecule has 0 spiro atoms. The van der Waals surface area contributed by atoms with Crippen LogP contribution in [0.1, 0.15) is 32.3 Å². The average molecular weight is 410 g/mol. The molecule has 2 amide bonds. The number of nitrogens with zero attached hydrogens (tertiary/aromatic N) is 3. The van der Waals surface area contributed by atoms with Crippen LogP contribution in [-0.4, -0.2) is 61.6 Å². The lowest BCUT2D eigenvalue weighted by molar-refractivity contribution is 0.193. The van der Waals surface area contributed by atoms with E-state index in [1.165, 1.54) is 0 Å². The number of hydrogen-bond acceptors (Lipinski definition) is 7. The third-order valence-corrected chi connectivity index (χ3v) is 6.73. The van der Waals surface area contributed by atoms with Crippen molar-refractivity contribution in [1.82, 2.24) is 25.7 Å². The smallest absolute Gasteiger partial charge is 0.321 e. The van der Waals surface area contributed by atoms with E-state index in [4.69, 9.17) is 0 Å². The molecule has 1 saturated heterocycles. The Bertz CT molecular complexity index is 831. The number of sulfonamides is 1. The molecule has 3 rings (SSSR count). The Labute approximate surface area is 165 Å². The van der Waals surface area contributed by atoms with E-state index in [2.05, 4.69) is 26.2 Å². The summed E-state index contributed by atoms with van der Waals surface area (Å²) in [6, 6.07) is 7.11. The molecular formula is C17H27N7O3S. The van der Waals surface area contributed by atoms with Crippen LogP contribution in [0.3, 0.4) is 0 Å². The maximum Gasteiger partial charge on any atom is 0.321 e. The Kier molecular flexibility index (Phi) is 6.06. The Morgan fingerprint density at radius 1 is 1.21 bits per heavy atom. The predicted molar refractivity (Wildman–Crippen MR) is 108 cm³/mol. The maximum atomic E-state index is 12.5. The summed E-state index contributed by atoms with van der Waals surface area (Å²) in [6.07, 6.45) is 1.20. The molecule has 4 N–H and O–H groups in total. The number of carbonyl (C=O) groups excluding carboxylic acids is 1. The molecule has 154 valence electrons. The Balaban J connectivity index is 1.51. The minimum Gasteiger partial charge on any atom is -0.324 e. The zero-order chi connectivity index (χ0) is 20.3. The Hall–Kier alpha value is -2.37. The van der Waals surface area contributed by atoms with Gasteiger partial charge in [-0.05, 0) is 51.0 Å². The van der Waals surface area contributed by atoms with Crippen molar-refractivity contribution in [1.29, 1.82) is 0 Å². The van der Waals surface area contributed by atoms with Crippen molar-refractivity contribution < 1.29 is 13.2 Å². The molecule has 0 radical (unpaired) electrons. The highest BCUT2D eigenvalue weighted by atomic mass is 32.2. The molecule has 28 heavy (non-hydrogen) atoms. The van der Waals surface area contributed by atoms with Crippen LogP contribution >= 0.6 is 0 Å². The first-order chi connectivity index (χ1) is 13.3. The maximum absolute atomic E-state index is 12.5. The molecule has 0 atom stereocenters. The number of benzene rings is 1. The number of urea groups is 1. The van der Waals surface area contributed by atoms with E-state index in [1.54, 1.807) is 23.8 Å². The topological polar surface area (TPSA) is 118 Å². The van der Waals surface area contributed by atoms with Crippen LogP contribution in [0.4, 0.5) is 10.5 Å². The number of anilines is 1. The zero-order valence-electron chi connectivity index (χ0n) is 16.3. The molecule has 0 unspecified atom stereocenters. The van der Waals surface area contributed by atoms with Gasteiger partial charge in [-0.2, -0.15) is 0 Å². The van der Waals surface area contributed by atoms with Gasteiger partial charge in [0.25, 0.3) is 0 Å². The summed E-state index contributed by atoms with van der Waals surface area (Å²) in [5, 5.41) is 8.31. The molecule has 2 heterocycles. The summed E-state index contributed by atoms with van der Waals surface area (Å²) in [6.45, 7) is 4.32. The summed E-state index contributed by atoms with van der Waals surface area (Å²) >= 11 is 0. The number of nitrogens with one attached hydrogen (secondary N) is 4.